The number of rotatable bonds is 6. The highest BCUT2D eigenvalue weighted by molar-refractivity contribution is 7.80. The van der Waals surface area contributed by atoms with Gasteiger partial charge < -0.3 is 15.4 Å². The van der Waals surface area contributed by atoms with Crippen LogP contribution in [0.15, 0.2) is 30.5 Å². The molecule has 0 aliphatic rings. The monoisotopic (exact) mass is 342 g/mol. The molecule has 0 radical (unpaired) electrons. The Hall–Kier alpha value is -1.70. The van der Waals surface area contributed by atoms with Crippen molar-refractivity contribution in [3.05, 3.63) is 46.9 Å². The molecule has 0 bridgehead atoms. The fourth-order valence-electron chi connectivity index (χ4n) is 1.79. The van der Waals surface area contributed by atoms with Crippen LogP contribution < -0.4 is 10.6 Å². The summed E-state index contributed by atoms with van der Waals surface area (Å²) >= 11 is 11.1. The molecule has 0 fully saturated rings. The fourth-order valence-corrected chi connectivity index (χ4v) is 2.22. The highest BCUT2D eigenvalue weighted by atomic mass is 35.5. The number of hydrogen-bond donors (Lipinski definition) is 2. The lowest BCUT2D eigenvalue weighted by Gasteiger charge is -2.08. The van der Waals surface area contributed by atoms with Gasteiger partial charge in [0.2, 0.25) is 0 Å². The highest BCUT2D eigenvalue weighted by Crippen LogP contribution is 2.20. The predicted molar refractivity (Wildman–Crippen MR) is 88.8 cm³/mol. The third-order valence-electron chi connectivity index (χ3n) is 2.86. The molecule has 118 valence electrons. The Labute approximate surface area is 138 Å². The van der Waals surface area contributed by atoms with E-state index in [0.29, 0.717) is 34.7 Å². The van der Waals surface area contributed by atoms with Crippen molar-refractivity contribution in [1.82, 2.24) is 15.1 Å². The van der Waals surface area contributed by atoms with E-state index >= 15 is 0 Å². The average Bonchev–Trinajstić information content (AvgIpc) is 2.90. The minimum absolute atomic E-state index is 0.247. The van der Waals surface area contributed by atoms with Gasteiger partial charge in [-0.05, 0) is 24.4 Å². The normalized spacial score (nSPS) is 10.5. The zero-order valence-corrected chi connectivity index (χ0v) is 13.5. The molecule has 2 aromatic rings. The van der Waals surface area contributed by atoms with Gasteiger partial charge >= 0.3 is 0 Å². The first-order valence-corrected chi connectivity index (χ1v) is 7.39. The number of methoxy groups -OCH3 is 1. The molecule has 2 N–H and O–H groups in total. The van der Waals surface area contributed by atoms with Crippen LogP contribution in [0.3, 0.4) is 0 Å². The summed E-state index contributed by atoms with van der Waals surface area (Å²) in [5, 5.41) is 11.0. The second kappa shape index (κ2) is 8.07. The molecule has 1 aromatic carbocycles. The van der Waals surface area contributed by atoms with E-state index in [1.54, 1.807) is 36.2 Å². The second-order valence-electron chi connectivity index (χ2n) is 4.47. The number of benzene rings is 1. The van der Waals surface area contributed by atoms with E-state index in [4.69, 9.17) is 28.6 Å². The van der Waals surface area contributed by atoms with Crippen LogP contribution in [-0.2, 0) is 11.3 Å². The van der Waals surface area contributed by atoms with E-state index in [0.717, 1.165) is 0 Å². The lowest BCUT2D eigenvalue weighted by molar-refractivity contribution is 0.204. The number of thiocarbonyl (C=S) groups is 1. The van der Waals surface area contributed by atoms with Gasteiger partial charge in [0.15, 0.2) is 10.9 Å². The summed E-state index contributed by atoms with van der Waals surface area (Å²) < 4.78 is 20.2. The summed E-state index contributed by atoms with van der Waals surface area (Å²) in [6.07, 6.45) is 1.73. The summed E-state index contributed by atoms with van der Waals surface area (Å²) in [5.74, 6) is 0.219. The number of nitrogens with zero attached hydrogens (tertiary/aromatic N) is 2. The van der Waals surface area contributed by atoms with Crippen molar-refractivity contribution in [3.8, 4) is 0 Å². The van der Waals surface area contributed by atoms with Crippen LogP contribution in [0.5, 0.6) is 0 Å². The van der Waals surface area contributed by atoms with E-state index in [1.807, 2.05) is 0 Å². The van der Waals surface area contributed by atoms with Crippen LogP contribution in [0.25, 0.3) is 0 Å². The Balaban J connectivity index is 1.95. The molecule has 5 nitrogen and oxygen atoms in total. The van der Waals surface area contributed by atoms with Gasteiger partial charge in [-0.2, -0.15) is 5.10 Å². The zero-order valence-electron chi connectivity index (χ0n) is 12.0. The maximum Gasteiger partial charge on any atom is 0.172 e. The van der Waals surface area contributed by atoms with Crippen molar-refractivity contribution in [3.63, 3.8) is 0 Å². The Bertz CT molecular complexity index is 629. The lowest BCUT2D eigenvalue weighted by Crippen LogP contribution is -2.31. The van der Waals surface area contributed by atoms with Crippen molar-refractivity contribution < 1.29 is 9.13 Å². The number of nitrogens with one attached hydrogen (secondary N) is 2. The van der Waals surface area contributed by atoms with Gasteiger partial charge in [0.25, 0.3) is 0 Å². The number of ether oxygens (including phenoxy) is 1. The Morgan fingerprint density at radius 1 is 1.45 bits per heavy atom. The van der Waals surface area contributed by atoms with E-state index in [-0.39, 0.29) is 12.4 Å². The van der Waals surface area contributed by atoms with Crippen molar-refractivity contribution in [2.24, 2.45) is 0 Å². The fraction of sp³-hybridized carbons (Fsp3) is 0.286. The van der Waals surface area contributed by atoms with E-state index in [1.165, 1.54) is 6.07 Å². The molecule has 2 rings (SSSR count). The summed E-state index contributed by atoms with van der Waals surface area (Å²) in [6, 6.07) is 6.34. The average molecular weight is 343 g/mol. The van der Waals surface area contributed by atoms with Gasteiger partial charge in [-0.3, -0.25) is 4.68 Å². The molecule has 22 heavy (non-hydrogen) atoms. The van der Waals surface area contributed by atoms with Crippen molar-refractivity contribution in [2.45, 2.75) is 6.54 Å². The zero-order chi connectivity index (χ0) is 15.9. The summed E-state index contributed by atoms with van der Waals surface area (Å²) in [5.41, 5.74) is 0.402. The van der Waals surface area contributed by atoms with Crippen LogP contribution in [0, 0.1) is 5.82 Å². The molecule has 1 aromatic heterocycles. The summed E-state index contributed by atoms with van der Waals surface area (Å²) in [4.78, 5) is 0. The Morgan fingerprint density at radius 3 is 3.00 bits per heavy atom. The smallest absolute Gasteiger partial charge is 0.172 e. The van der Waals surface area contributed by atoms with Gasteiger partial charge in [-0.1, -0.05) is 17.7 Å². The summed E-state index contributed by atoms with van der Waals surface area (Å²) in [6.45, 7) is 1.41. The van der Waals surface area contributed by atoms with Crippen molar-refractivity contribution in [2.75, 3.05) is 25.6 Å². The minimum atomic E-state index is -0.353. The van der Waals surface area contributed by atoms with Crippen LogP contribution in [-0.4, -0.2) is 35.2 Å². The Kier molecular flexibility index (Phi) is 6.11. The SMILES string of the molecule is COCCNC(=S)Nc1ccn(Cc2c(F)cccc2Cl)n1. The van der Waals surface area contributed by atoms with E-state index in [2.05, 4.69) is 15.7 Å². The Morgan fingerprint density at radius 2 is 2.27 bits per heavy atom. The van der Waals surface area contributed by atoms with Gasteiger partial charge in [-0.15, -0.1) is 0 Å². The maximum atomic E-state index is 13.7. The molecule has 0 aliphatic carbocycles. The van der Waals surface area contributed by atoms with Crippen molar-refractivity contribution in [1.29, 1.82) is 0 Å². The van der Waals surface area contributed by atoms with E-state index in [9.17, 15) is 4.39 Å². The second-order valence-corrected chi connectivity index (χ2v) is 5.29. The molecular weight excluding hydrogens is 327 g/mol. The topological polar surface area (TPSA) is 51.1 Å². The van der Waals surface area contributed by atoms with Gasteiger partial charge in [0, 0.05) is 36.5 Å². The molecule has 0 unspecified atom stereocenters. The standard InChI is InChI=1S/C14H16ClFN4OS/c1-21-8-6-17-14(22)18-13-5-7-20(19-13)9-10-11(15)3-2-4-12(10)16/h2-5,7H,6,8-9H2,1H3,(H2,17,18,19,22). The highest BCUT2D eigenvalue weighted by Gasteiger charge is 2.09. The largest absolute Gasteiger partial charge is 0.383 e. The first kappa shape index (κ1) is 16.7. The molecule has 0 aliphatic heterocycles. The molecule has 0 amide bonds. The van der Waals surface area contributed by atoms with Crippen LogP contribution in [0.4, 0.5) is 10.2 Å². The summed E-state index contributed by atoms with van der Waals surface area (Å²) in [7, 11) is 1.62. The quantitative estimate of drug-likeness (QED) is 0.624. The number of halogens is 2. The molecule has 0 saturated heterocycles. The minimum Gasteiger partial charge on any atom is -0.383 e. The maximum absolute atomic E-state index is 13.7. The first-order chi connectivity index (χ1) is 10.6. The lowest BCUT2D eigenvalue weighted by atomic mass is 10.2. The van der Waals surface area contributed by atoms with Gasteiger partial charge in [0.1, 0.15) is 5.82 Å². The molecule has 1 heterocycles. The van der Waals surface area contributed by atoms with Gasteiger partial charge in [-0.25, -0.2) is 4.39 Å². The third-order valence-corrected chi connectivity index (χ3v) is 3.46. The van der Waals surface area contributed by atoms with Gasteiger partial charge in [0.05, 0.1) is 13.2 Å². The van der Waals surface area contributed by atoms with Crippen LogP contribution in [0.2, 0.25) is 5.02 Å². The van der Waals surface area contributed by atoms with Crippen molar-refractivity contribution >= 4 is 34.7 Å². The molecular formula is C14H16ClFN4OS. The third kappa shape index (κ3) is 4.66. The van der Waals surface area contributed by atoms with Crippen LogP contribution >= 0.6 is 23.8 Å². The first-order valence-electron chi connectivity index (χ1n) is 6.60. The van der Waals surface area contributed by atoms with E-state index < -0.39 is 0 Å². The number of anilines is 1. The number of aromatic nitrogens is 2. The molecule has 0 spiro atoms. The predicted octanol–water partition coefficient (Wildman–Crippen LogP) is 2.66. The molecule has 0 saturated carbocycles. The molecule has 0 atom stereocenters. The molecule has 8 heteroatoms. The number of hydrogen-bond acceptors (Lipinski definition) is 3. The van der Waals surface area contributed by atoms with Crippen LogP contribution in [0.1, 0.15) is 5.56 Å².